The van der Waals surface area contributed by atoms with Gasteiger partial charge in [0.2, 0.25) is 5.12 Å². The number of aromatic nitrogens is 1. The molecule has 0 radical (unpaired) electrons. The summed E-state index contributed by atoms with van der Waals surface area (Å²) in [5.41, 5.74) is 8.42. The van der Waals surface area contributed by atoms with Crippen molar-refractivity contribution in [2.45, 2.75) is 18.9 Å². The first-order valence-corrected chi connectivity index (χ1v) is 7.18. The Balaban J connectivity index is 2.39. The second kappa shape index (κ2) is 6.30. The lowest BCUT2D eigenvalue weighted by Gasteiger charge is -2.07. The van der Waals surface area contributed by atoms with Crippen molar-refractivity contribution in [3.8, 4) is 12.1 Å². The van der Waals surface area contributed by atoms with Crippen LogP contribution in [0.25, 0.3) is 0 Å². The monoisotopic (exact) mass is 308 g/mol. The maximum atomic E-state index is 12.4. The average Bonchev–Trinajstić information content (AvgIpc) is 2.47. The van der Waals surface area contributed by atoms with Gasteiger partial charge in [0, 0.05) is 5.56 Å². The molecule has 1 aromatic carbocycles. The summed E-state index contributed by atoms with van der Waals surface area (Å²) in [6.45, 7) is 3.80. The van der Waals surface area contributed by atoms with E-state index in [2.05, 4.69) is 4.98 Å². The zero-order valence-corrected chi connectivity index (χ0v) is 12.9. The molecule has 0 atom stereocenters. The van der Waals surface area contributed by atoms with Gasteiger partial charge in [-0.1, -0.05) is 17.7 Å². The Hall–Kier alpha value is -2.83. The first kappa shape index (κ1) is 15.6. The molecule has 22 heavy (non-hydrogen) atoms. The molecule has 0 bridgehead atoms. The molecule has 1 heterocycles. The number of rotatable bonds is 2. The zero-order valence-electron chi connectivity index (χ0n) is 12.0. The molecule has 6 heteroatoms. The summed E-state index contributed by atoms with van der Waals surface area (Å²) in [7, 11) is 0. The van der Waals surface area contributed by atoms with Crippen LogP contribution < -0.4 is 5.73 Å². The number of thioether (sulfide) groups is 1. The number of hydrogen-bond acceptors (Lipinski definition) is 6. The van der Waals surface area contributed by atoms with Gasteiger partial charge < -0.3 is 5.73 Å². The fraction of sp³-hybridized carbons (Fsp3) is 0.125. The fourth-order valence-corrected chi connectivity index (χ4v) is 2.82. The molecule has 0 saturated carbocycles. The molecule has 0 amide bonds. The summed E-state index contributed by atoms with van der Waals surface area (Å²) < 4.78 is 0. The molecule has 0 spiro atoms. The molecular formula is C16H12N4OS. The SMILES string of the molecule is Cc1ccc(C(=O)Sc2nc(N)c(C#N)cc2C#N)c(C)c1. The Labute approximate surface area is 132 Å². The van der Waals surface area contributed by atoms with Crippen LogP contribution in [0.15, 0.2) is 29.3 Å². The zero-order chi connectivity index (χ0) is 16.3. The molecule has 0 saturated heterocycles. The summed E-state index contributed by atoms with van der Waals surface area (Å²) in [5, 5.41) is 18.0. The highest BCUT2D eigenvalue weighted by Crippen LogP contribution is 2.28. The number of benzene rings is 1. The van der Waals surface area contributed by atoms with Crippen LogP contribution in [0.1, 0.15) is 32.6 Å². The molecule has 0 fully saturated rings. The predicted molar refractivity (Wildman–Crippen MR) is 84.2 cm³/mol. The van der Waals surface area contributed by atoms with Gasteiger partial charge in [-0.05, 0) is 43.3 Å². The summed E-state index contributed by atoms with van der Waals surface area (Å²) in [5.74, 6) is 0.0115. The summed E-state index contributed by atoms with van der Waals surface area (Å²) in [4.78, 5) is 16.4. The van der Waals surface area contributed by atoms with Crippen molar-refractivity contribution in [1.29, 1.82) is 10.5 Å². The molecule has 1 aromatic heterocycles. The number of hydrogen-bond donors (Lipinski definition) is 1. The minimum Gasteiger partial charge on any atom is -0.383 e. The Kier molecular flexibility index (Phi) is 4.45. The highest BCUT2D eigenvalue weighted by Gasteiger charge is 2.17. The number of nitrogen functional groups attached to an aromatic ring is 1. The van der Waals surface area contributed by atoms with E-state index in [4.69, 9.17) is 16.3 Å². The van der Waals surface area contributed by atoms with Gasteiger partial charge in [0.1, 0.15) is 23.0 Å². The van der Waals surface area contributed by atoms with Crippen LogP contribution in [0, 0.1) is 36.5 Å². The number of pyridine rings is 1. The van der Waals surface area contributed by atoms with E-state index in [0.29, 0.717) is 5.56 Å². The lowest BCUT2D eigenvalue weighted by molar-refractivity contribution is 0.108. The van der Waals surface area contributed by atoms with Gasteiger partial charge in [-0.3, -0.25) is 4.79 Å². The minimum atomic E-state index is -0.217. The number of carbonyl (C=O) groups is 1. The largest absolute Gasteiger partial charge is 0.383 e. The van der Waals surface area contributed by atoms with Crippen LogP contribution in [-0.4, -0.2) is 10.1 Å². The maximum absolute atomic E-state index is 12.4. The van der Waals surface area contributed by atoms with E-state index in [-0.39, 0.29) is 27.1 Å². The van der Waals surface area contributed by atoms with E-state index in [1.165, 1.54) is 6.07 Å². The van der Waals surface area contributed by atoms with Gasteiger partial charge >= 0.3 is 0 Å². The molecule has 0 aliphatic carbocycles. The van der Waals surface area contributed by atoms with Crippen LogP contribution in [-0.2, 0) is 0 Å². The summed E-state index contributed by atoms with van der Waals surface area (Å²) >= 11 is 0.839. The topological polar surface area (TPSA) is 104 Å². The van der Waals surface area contributed by atoms with E-state index in [0.717, 1.165) is 22.9 Å². The molecule has 5 nitrogen and oxygen atoms in total. The van der Waals surface area contributed by atoms with Crippen LogP contribution in [0.3, 0.4) is 0 Å². The third kappa shape index (κ3) is 3.08. The van der Waals surface area contributed by atoms with Crippen LogP contribution in [0.4, 0.5) is 5.82 Å². The first-order chi connectivity index (χ1) is 10.5. The average molecular weight is 308 g/mol. The first-order valence-electron chi connectivity index (χ1n) is 6.36. The number of aryl methyl sites for hydroxylation is 2. The van der Waals surface area contributed by atoms with Gasteiger partial charge in [-0.15, -0.1) is 0 Å². The van der Waals surface area contributed by atoms with Gasteiger partial charge in [0.25, 0.3) is 0 Å². The van der Waals surface area contributed by atoms with Crippen molar-refractivity contribution >= 4 is 22.7 Å². The molecule has 0 aliphatic rings. The number of nitrogens with zero attached hydrogens (tertiary/aromatic N) is 3. The summed E-state index contributed by atoms with van der Waals surface area (Å²) in [6, 6.07) is 10.7. The Morgan fingerprint density at radius 2 is 1.86 bits per heavy atom. The smallest absolute Gasteiger partial charge is 0.225 e. The maximum Gasteiger partial charge on any atom is 0.225 e. The van der Waals surface area contributed by atoms with E-state index in [9.17, 15) is 4.79 Å². The predicted octanol–water partition coefficient (Wildman–Crippen LogP) is 2.96. The Bertz CT molecular complexity index is 846. The summed E-state index contributed by atoms with van der Waals surface area (Å²) in [6.07, 6.45) is 0. The van der Waals surface area contributed by atoms with Crippen molar-refractivity contribution in [2.24, 2.45) is 0 Å². The van der Waals surface area contributed by atoms with Crippen molar-refractivity contribution < 1.29 is 4.79 Å². The molecule has 108 valence electrons. The second-order valence-corrected chi connectivity index (χ2v) is 5.67. The van der Waals surface area contributed by atoms with Crippen molar-refractivity contribution in [3.05, 3.63) is 52.1 Å². The number of carbonyl (C=O) groups excluding carboxylic acids is 1. The molecule has 0 unspecified atom stereocenters. The van der Waals surface area contributed by atoms with Crippen LogP contribution >= 0.6 is 11.8 Å². The molecule has 0 aliphatic heterocycles. The Morgan fingerprint density at radius 3 is 2.45 bits per heavy atom. The van der Waals surface area contributed by atoms with Crippen LogP contribution in [0.2, 0.25) is 0 Å². The highest BCUT2D eigenvalue weighted by atomic mass is 32.2. The molecule has 2 rings (SSSR count). The Morgan fingerprint density at radius 1 is 1.18 bits per heavy atom. The third-order valence-corrected chi connectivity index (χ3v) is 3.96. The lowest BCUT2D eigenvalue weighted by atomic mass is 10.1. The highest BCUT2D eigenvalue weighted by molar-refractivity contribution is 8.14. The lowest BCUT2D eigenvalue weighted by Crippen LogP contribution is -2.02. The number of anilines is 1. The fourth-order valence-electron chi connectivity index (χ4n) is 1.94. The quantitative estimate of drug-likeness (QED) is 0.855. The van der Waals surface area contributed by atoms with E-state index < -0.39 is 0 Å². The van der Waals surface area contributed by atoms with Crippen molar-refractivity contribution in [3.63, 3.8) is 0 Å². The van der Waals surface area contributed by atoms with Gasteiger partial charge in [-0.2, -0.15) is 10.5 Å². The van der Waals surface area contributed by atoms with Crippen molar-refractivity contribution in [2.75, 3.05) is 5.73 Å². The van der Waals surface area contributed by atoms with Crippen molar-refractivity contribution in [1.82, 2.24) is 4.98 Å². The standard InChI is InChI=1S/C16H12N4OS/c1-9-3-4-13(10(2)5-9)16(21)22-15-12(8-18)6-11(7-17)14(19)20-15/h3-6H,1-2H3,(H2,19,20). The molecular weight excluding hydrogens is 296 g/mol. The third-order valence-electron chi connectivity index (χ3n) is 3.05. The number of nitriles is 2. The van der Waals surface area contributed by atoms with Crippen LogP contribution in [0.5, 0.6) is 0 Å². The normalized spacial score (nSPS) is 9.82. The van der Waals surface area contributed by atoms with E-state index in [1.807, 2.05) is 38.1 Å². The van der Waals surface area contributed by atoms with Gasteiger partial charge in [-0.25, -0.2) is 4.98 Å². The number of nitrogens with two attached hydrogens (primary N) is 1. The van der Waals surface area contributed by atoms with E-state index >= 15 is 0 Å². The van der Waals surface area contributed by atoms with Gasteiger partial charge in [0.15, 0.2) is 0 Å². The van der Waals surface area contributed by atoms with Gasteiger partial charge in [0.05, 0.1) is 11.1 Å². The molecule has 2 N–H and O–H groups in total. The second-order valence-electron chi connectivity index (χ2n) is 4.71. The molecule has 2 aromatic rings. The van der Waals surface area contributed by atoms with E-state index in [1.54, 1.807) is 6.07 Å². The minimum absolute atomic E-state index is 0.0115.